The molecule has 0 aliphatic carbocycles. The van der Waals surface area contributed by atoms with Crippen LogP contribution >= 0.6 is 17.0 Å². The molecule has 0 saturated carbocycles. The molecule has 0 amide bonds. The van der Waals surface area contributed by atoms with Crippen molar-refractivity contribution in [1.29, 1.82) is 0 Å². The van der Waals surface area contributed by atoms with Crippen molar-refractivity contribution in [3.05, 3.63) is 0 Å². The Morgan fingerprint density at radius 3 is 1.33 bits per heavy atom. The lowest BCUT2D eigenvalue weighted by Crippen LogP contribution is -2.39. The summed E-state index contributed by atoms with van der Waals surface area (Å²) in [6.07, 6.45) is 18.4. The zero-order valence-corrected chi connectivity index (χ0v) is 19.1. The second-order valence-corrected chi connectivity index (χ2v) is 7.72. The Balaban J connectivity index is -0.00000102. The average molecular weight is 411 g/mol. The molecule has 24 heavy (non-hydrogen) atoms. The van der Waals surface area contributed by atoms with Crippen LogP contribution in [0.15, 0.2) is 0 Å². The minimum atomic E-state index is -0.00221. The van der Waals surface area contributed by atoms with E-state index in [0.717, 1.165) is 0 Å². The molecule has 3 N–H and O–H groups in total. The fourth-order valence-corrected chi connectivity index (χ4v) is 2.66. The van der Waals surface area contributed by atoms with E-state index in [2.05, 4.69) is 27.7 Å². The van der Waals surface area contributed by atoms with Crippen LogP contribution in [0.4, 0.5) is 0 Å². The summed E-state index contributed by atoms with van der Waals surface area (Å²) in [7, 11) is 0. The maximum atomic E-state index is 7.57. The van der Waals surface area contributed by atoms with E-state index < -0.39 is 0 Å². The van der Waals surface area contributed by atoms with Crippen LogP contribution in [0.5, 0.6) is 0 Å². The van der Waals surface area contributed by atoms with Crippen LogP contribution in [-0.2, 0) is 0 Å². The van der Waals surface area contributed by atoms with E-state index in [1.165, 1.54) is 83.5 Å². The molecule has 1 unspecified atom stereocenters. The van der Waals surface area contributed by atoms with E-state index in [-0.39, 0.29) is 29.1 Å². The Morgan fingerprint density at radius 1 is 0.750 bits per heavy atom. The van der Waals surface area contributed by atoms with Gasteiger partial charge in [-0.25, -0.2) is 0 Å². The predicted octanol–water partition coefficient (Wildman–Crippen LogP) is 7.03. The van der Waals surface area contributed by atoms with Crippen LogP contribution in [0.3, 0.4) is 0 Å². The molecule has 0 rings (SSSR count). The van der Waals surface area contributed by atoms with Crippen molar-refractivity contribution >= 4 is 17.0 Å². The number of hydrogen-bond donors (Lipinski definition) is 2. The highest BCUT2D eigenvalue weighted by atomic mass is 79.9. The molecule has 0 aromatic heterocycles. The zero-order chi connectivity index (χ0) is 18.0. The highest BCUT2D eigenvalue weighted by Crippen LogP contribution is 2.20. The quantitative estimate of drug-likeness (QED) is 0.302. The van der Waals surface area contributed by atoms with Crippen LogP contribution in [-0.4, -0.2) is 17.3 Å². The third-order valence-corrected chi connectivity index (χ3v) is 4.76. The maximum Gasteiger partial charge on any atom is 0.0402 e. The molecule has 0 aliphatic rings. The van der Waals surface area contributed by atoms with E-state index in [1.54, 1.807) is 6.92 Å². The largest absolute Gasteiger partial charge is 0.397 e. The first-order chi connectivity index (χ1) is 10.9. The molecule has 0 heterocycles. The third kappa shape index (κ3) is 24.6. The van der Waals surface area contributed by atoms with Crippen molar-refractivity contribution in [3.8, 4) is 0 Å². The first-order valence-electron chi connectivity index (χ1n) is 10.3. The van der Waals surface area contributed by atoms with Gasteiger partial charge in [0.1, 0.15) is 0 Å². The standard InChI is InChI=1S/C19H41N.C2H6O.BrH/c1-5-6-7-8-9-10-11-12-13-14-15-16-17-18(2)19(3,4)20;1-2-3;/h18H,5-17,20H2,1-4H3;3H,2H2,1H3;1H. The number of aliphatic hydroxyl groups excluding tert-OH is 1. The maximum absolute atomic E-state index is 7.57. The summed E-state index contributed by atoms with van der Waals surface area (Å²) in [5.41, 5.74) is 6.12. The summed E-state index contributed by atoms with van der Waals surface area (Å²) in [4.78, 5) is 0. The van der Waals surface area contributed by atoms with Gasteiger partial charge in [-0.15, -0.1) is 17.0 Å². The molecular weight excluding hydrogens is 362 g/mol. The number of unbranched alkanes of at least 4 members (excludes halogenated alkanes) is 11. The van der Waals surface area contributed by atoms with Crippen molar-refractivity contribution < 1.29 is 5.11 Å². The van der Waals surface area contributed by atoms with Gasteiger partial charge in [0.05, 0.1) is 0 Å². The van der Waals surface area contributed by atoms with Gasteiger partial charge >= 0.3 is 0 Å². The summed E-state index contributed by atoms with van der Waals surface area (Å²) >= 11 is 0. The van der Waals surface area contributed by atoms with Crippen molar-refractivity contribution in [2.75, 3.05) is 6.61 Å². The molecule has 3 heteroatoms. The first kappa shape index (κ1) is 29.2. The summed E-state index contributed by atoms with van der Waals surface area (Å²) in [5, 5.41) is 7.57. The highest BCUT2D eigenvalue weighted by Gasteiger charge is 2.19. The molecule has 150 valence electrons. The highest BCUT2D eigenvalue weighted by molar-refractivity contribution is 8.93. The van der Waals surface area contributed by atoms with Crippen molar-refractivity contribution in [2.45, 2.75) is 124 Å². The van der Waals surface area contributed by atoms with E-state index in [0.29, 0.717) is 5.92 Å². The SMILES string of the molecule is Br.CCCCCCCCCCCCCCC(C)C(C)(C)N.CCO. The number of hydrogen-bond acceptors (Lipinski definition) is 2. The molecule has 2 nitrogen and oxygen atoms in total. The topological polar surface area (TPSA) is 46.2 Å². The summed E-state index contributed by atoms with van der Waals surface area (Å²) < 4.78 is 0. The second kappa shape index (κ2) is 21.4. The molecule has 0 radical (unpaired) electrons. The van der Waals surface area contributed by atoms with E-state index in [1.807, 2.05) is 0 Å². The Kier molecular flexibility index (Phi) is 26.1. The van der Waals surface area contributed by atoms with Crippen LogP contribution in [0.1, 0.15) is 118 Å². The molecule has 0 aromatic rings. The lowest BCUT2D eigenvalue weighted by Gasteiger charge is -2.27. The van der Waals surface area contributed by atoms with Crippen LogP contribution in [0.25, 0.3) is 0 Å². The second-order valence-electron chi connectivity index (χ2n) is 7.72. The molecule has 0 saturated heterocycles. The predicted molar refractivity (Wildman–Crippen MR) is 116 cm³/mol. The fourth-order valence-electron chi connectivity index (χ4n) is 2.66. The molecular formula is C21H48BrNO. The van der Waals surface area contributed by atoms with Gasteiger partial charge in [-0.05, 0) is 33.1 Å². The molecule has 0 fully saturated rings. The Bertz CT molecular complexity index is 216. The first-order valence-corrected chi connectivity index (χ1v) is 10.3. The van der Waals surface area contributed by atoms with E-state index in [9.17, 15) is 0 Å². The summed E-state index contributed by atoms with van der Waals surface area (Å²) in [5.74, 6) is 0.644. The Labute approximate surface area is 164 Å². The average Bonchev–Trinajstić information content (AvgIpc) is 2.48. The molecule has 0 aliphatic heterocycles. The van der Waals surface area contributed by atoms with Gasteiger partial charge in [0.25, 0.3) is 0 Å². The summed E-state index contributed by atoms with van der Waals surface area (Å²) in [6, 6.07) is 0. The van der Waals surface area contributed by atoms with E-state index in [4.69, 9.17) is 10.8 Å². The lowest BCUT2D eigenvalue weighted by atomic mass is 9.86. The van der Waals surface area contributed by atoms with Gasteiger partial charge in [-0.1, -0.05) is 90.9 Å². The van der Waals surface area contributed by atoms with Gasteiger partial charge < -0.3 is 10.8 Å². The minimum absolute atomic E-state index is 0. The van der Waals surface area contributed by atoms with Gasteiger partial charge in [-0.2, -0.15) is 0 Å². The van der Waals surface area contributed by atoms with Gasteiger partial charge in [-0.3, -0.25) is 0 Å². The fraction of sp³-hybridized carbons (Fsp3) is 1.00. The monoisotopic (exact) mass is 409 g/mol. The Hall–Kier alpha value is 0.400. The Morgan fingerprint density at radius 2 is 1.04 bits per heavy atom. The number of nitrogens with two attached hydrogens (primary N) is 1. The van der Waals surface area contributed by atoms with Crippen LogP contribution < -0.4 is 5.73 Å². The van der Waals surface area contributed by atoms with Crippen molar-refractivity contribution in [2.24, 2.45) is 11.7 Å². The molecule has 0 bridgehead atoms. The van der Waals surface area contributed by atoms with Crippen molar-refractivity contribution in [1.82, 2.24) is 0 Å². The third-order valence-electron chi connectivity index (χ3n) is 4.76. The van der Waals surface area contributed by atoms with Crippen LogP contribution in [0.2, 0.25) is 0 Å². The minimum Gasteiger partial charge on any atom is -0.397 e. The molecule has 0 spiro atoms. The molecule has 1 atom stereocenters. The molecule has 0 aromatic carbocycles. The van der Waals surface area contributed by atoms with Gasteiger partial charge in [0, 0.05) is 12.1 Å². The van der Waals surface area contributed by atoms with Gasteiger partial charge in [0.2, 0.25) is 0 Å². The van der Waals surface area contributed by atoms with Crippen molar-refractivity contribution in [3.63, 3.8) is 0 Å². The number of rotatable bonds is 14. The van der Waals surface area contributed by atoms with E-state index >= 15 is 0 Å². The normalized spacial score (nSPS) is 12.1. The van der Waals surface area contributed by atoms with Gasteiger partial charge in [0.15, 0.2) is 0 Å². The zero-order valence-electron chi connectivity index (χ0n) is 17.4. The smallest absolute Gasteiger partial charge is 0.0402 e. The van der Waals surface area contributed by atoms with Crippen LogP contribution in [0, 0.1) is 5.92 Å². The number of halogens is 1. The lowest BCUT2D eigenvalue weighted by molar-refractivity contribution is 0.316. The summed E-state index contributed by atoms with van der Waals surface area (Å²) in [6.45, 7) is 10.8. The number of aliphatic hydroxyl groups is 1.